The molecule has 22 heavy (non-hydrogen) atoms. The second kappa shape index (κ2) is 6.02. The van der Waals surface area contributed by atoms with Crippen LogP contribution < -0.4 is 0 Å². The van der Waals surface area contributed by atoms with E-state index in [0.717, 1.165) is 0 Å². The van der Waals surface area contributed by atoms with Gasteiger partial charge in [0, 0.05) is 24.2 Å². The maximum Gasteiger partial charge on any atom is 0.311 e. The molecule has 1 aromatic rings. The fourth-order valence-electron chi connectivity index (χ4n) is 2.89. The number of amides is 1. The third-order valence-electron chi connectivity index (χ3n) is 4.50. The van der Waals surface area contributed by atoms with Crippen LogP contribution in [0.25, 0.3) is 0 Å². The van der Waals surface area contributed by atoms with Gasteiger partial charge in [0.1, 0.15) is 0 Å². The van der Waals surface area contributed by atoms with E-state index in [-0.39, 0.29) is 23.6 Å². The normalized spacial score (nSPS) is 21.6. The molecule has 1 aliphatic rings. The van der Waals surface area contributed by atoms with E-state index in [2.05, 4.69) is 0 Å². The first-order valence-electron chi connectivity index (χ1n) is 7.18. The Kier molecular flexibility index (Phi) is 4.49. The zero-order chi connectivity index (χ0) is 16.5. The lowest BCUT2D eigenvalue weighted by atomic mass is 9.76. The highest BCUT2D eigenvalue weighted by Gasteiger charge is 2.48. The molecule has 0 aromatic heterocycles. The molecule has 120 valence electrons. The summed E-state index contributed by atoms with van der Waals surface area (Å²) >= 11 is 0. The van der Waals surface area contributed by atoms with Gasteiger partial charge in [-0.05, 0) is 24.5 Å². The van der Waals surface area contributed by atoms with Crippen molar-refractivity contribution in [3.63, 3.8) is 0 Å². The Morgan fingerprint density at radius 1 is 1.32 bits per heavy atom. The standard InChI is InChI=1S/C16H19F2NO3/c1-10(2)16(15(21)22)6-7-19(9-16)14(20)12-5-3-4-11(8-12)13(17)18/h3-5,8,10,13H,6-7,9H2,1-2H3,(H,21,22). The minimum absolute atomic E-state index is 0.109. The van der Waals surface area contributed by atoms with E-state index in [4.69, 9.17) is 0 Å². The van der Waals surface area contributed by atoms with E-state index in [0.29, 0.717) is 13.0 Å². The van der Waals surface area contributed by atoms with E-state index >= 15 is 0 Å². The summed E-state index contributed by atoms with van der Waals surface area (Å²) in [6, 6.07) is 5.33. The Morgan fingerprint density at radius 2 is 2.00 bits per heavy atom. The summed E-state index contributed by atoms with van der Waals surface area (Å²) in [6.45, 7) is 4.07. The SMILES string of the molecule is CC(C)C1(C(=O)O)CCN(C(=O)c2cccc(C(F)F)c2)C1. The van der Waals surface area contributed by atoms with Crippen molar-refractivity contribution >= 4 is 11.9 Å². The fraction of sp³-hybridized carbons (Fsp3) is 0.500. The number of aliphatic carboxylic acids is 1. The van der Waals surface area contributed by atoms with Gasteiger partial charge in [-0.1, -0.05) is 26.0 Å². The first kappa shape index (κ1) is 16.4. The zero-order valence-electron chi connectivity index (χ0n) is 12.6. The number of likely N-dealkylation sites (tertiary alicyclic amines) is 1. The van der Waals surface area contributed by atoms with E-state index in [9.17, 15) is 23.5 Å². The molecule has 0 spiro atoms. The monoisotopic (exact) mass is 311 g/mol. The van der Waals surface area contributed by atoms with Crippen LogP contribution in [0.3, 0.4) is 0 Å². The number of carbonyl (C=O) groups is 2. The molecule has 1 aliphatic heterocycles. The van der Waals surface area contributed by atoms with Crippen LogP contribution in [0.2, 0.25) is 0 Å². The number of alkyl halides is 2. The quantitative estimate of drug-likeness (QED) is 0.929. The van der Waals surface area contributed by atoms with Gasteiger partial charge >= 0.3 is 5.97 Å². The number of benzene rings is 1. The number of hydrogen-bond donors (Lipinski definition) is 1. The minimum atomic E-state index is -2.64. The number of nitrogens with zero attached hydrogens (tertiary/aromatic N) is 1. The number of halogens is 2. The highest BCUT2D eigenvalue weighted by Crippen LogP contribution is 2.38. The molecule has 1 saturated heterocycles. The summed E-state index contributed by atoms with van der Waals surface area (Å²) in [7, 11) is 0. The fourth-order valence-corrected chi connectivity index (χ4v) is 2.89. The largest absolute Gasteiger partial charge is 0.481 e. The topological polar surface area (TPSA) is 57.6 Å². The van der Waals surface area contributed by atoms with Crippen molar-refractivity contribution < 1.29 is 23.5 Å². The lowest BCUT2D eigenvalue weighted by molar-refractivity contribution is -0.150. The number of rotatable bonds is 4. The van der Waals surface area contributed by atoms with Crippen LogP contribution in [0.15, 0.2) is 24.3 Å². The third kappa shape index (κ3) is 2.82. The molecule has 2 rings (SSSR count). The Labute approximate surface area is 127 Å². The number of carboxylic acids is 1. The van der Waals surface area contributed by atoms with Crippen LogP contribution in [-0.2, 0) is 4.79 Å². The summed E-state index contributed by atoms with van der Waals surface area (Å²) in [5.74, 6) is -1.43. The molecule has 1 heterocycles. The first-order valence-corrected chi connectivity index (χ1v) is 7.18. The smallest absolute Gasteiger partial charge is 0.311 e. The molecular formula is C16H19F2NO3. The average molecular weight is 311 g/mol. The van der Waals surface area contributed by atoms with Crippen molar-refractivity contribution in [1.82, 2.24) is 4.90 Å². The molecule has 1 amide bonds. The Hall–Kier alpha value is -1.98. The molecule has 0 aliphatic carbocycles. The molecular weight excluding hydrogens is 292 g/mol. The third-order valence-corrected chi connectivity index (χ3v) is 4.50. The Balaban J connectivity index is 2.22. The number of carbonyl (C=O) groups excluding carboxylic acids is 1. The molecule has 1 atom stereocenters. The van der Waals surface area contributed by atoms with Crippen molar-refractivity contribution in [3.8, 4) is 0 Å². The van der Waals surface area contributed by atoms with Crippen molar-refractivity contribution in [2.45, 2.75) is 26.7 Å². The zero-order valence-corrected chi connectivity index (χ0v) is 12.6. The van der Waals surface area contributed by atoms with Gasteiger partial charge < -0.3 is 10.0 Å². The molecule has 4 nitrogen and oxygen atoms in total. The molecule has 1 fully saturated rings. The Morgan fingerprint density at radius 3 is 2.50 bits per heavy atom. The van der Waals surface area contributed by atoms with Gasteiger partial charge in [-0.25, -0.2) is 8.78 Å². The van der Waals surface area contributed by atoms with Crippen LogP contribution in [0.5, 0.6) is 0 Å². The summed E-state index contributed by atoms with van der Waals surface area (Å²) in [6.07, 6.45) is -2.26. The van der Waals surface area contributed by atoms with Crippen LogP contribution in [0, 0.1) is 11.3 Å². The van der Waals surface area contributed by atoms with Gasteiger partial charge in [-0.3, -0.25) is 9.59 Å². The van der Waals surface area contributed by atoms with Gasteiger partial charge in [-0.15, -0.1) is 0 Å². The molecule has 0 radical (unpaired) electrons. The minimum Gasteiger partial charge on any atom is -0.481 e. The highest BCUT2D eigenvalue weighted by atomic mass is 19.3. The molecule has 1 aromatic carbocycles. The maximum atomic E-state index is 12.7. The number of hydrogen-bond acceptors (Lipinski definition) is 2. The second-order valence-electron chi connectivity index (χ2n) is 6.02. The average Bonchev–Trinajstić information content (AvgIpc) is 2.93. The predicted molar refractivity (Wildman–Crippen MR) is 76.8 cm³/mol. The molecule has 0 saturated carbocycles. The summed E-state index contributed by atoms with van der Waals surface area (Å²) in [5, 5.41) is 9.48. The van der Waals surface area contributed by atoms with E-state index < -0.39 is 23.7 Å². The lowest BCUT2D eigenvalue weighted by Gasteiger charge is -2.28. The Bertz CT molecular complexity index is 589. The van der Waals surface area contributed by atoms with Crippen LogP contribution in [0.1, 0.15) is 42.6 Å². The van der Waals surface area contributed by atoms with E-state index in [1.165, 1.54) is 29.2 Å². The van der Waals surface area contributed by atoms with Gasteiger partial charge in [0.25, 0.3) is 12.3 Å². The van der Waals surface area contributed by atoms with Crippen LogP contribution >= 0.6 is 0 Å². The number of carboxylic acid groups (broad SMARTS) is 1. The van der Waals surface area contributed by atoms with Crippen molar-refractivity contribution in [2.24, 2.45) is 11.3 Å². The van der Waals surface area contributed by atoms with Gasteiger partial charge in [0.2, 0.25) is 0 Å². The van der Waals surface area contributed by atoms with Gasteiger partial charge in [-0.2, -0.15) is 0 Å². The molecule has 1 unspecified atom stereocenters. The molecule has 1 N–H and O–H groups in total. The lowest BCUT2D eigenvalue weighted by Crippen LogP contribution is -2.40. The summed E-state index contributed by atoms with van der Waals surface area (Å²) in [4.78, 5) is 25.5. The van der Waals surface area contributed by atoms with Gasteiger partial charge in [0.15, 0.2) is 0 Å². The maximum absolute atomic E-state index is 12.7. The first-order chi connectivity index (χ1) is 10.3. The molecule has 0 bridgehead atoms. The summed E-state index contributed by atoms with van der Waals surface area (Å²) < 4.78 is 25.4. The van der Waals surface area contributed by atoms with Crippen LogP contribution in [0.4, 0.5) is 8.78 Å². The van der Waals surface area contributed by atoms with Crippen molar-refractivity contribution in [2.75, 3.05) is 13.1 Å². The van der Waals surface area contributed by atoms with Crippen molar-refractivity contribution in [3.05, 3.63) is 35.4 Å². The summed E-state index contributed by atoms with van der Waals surface area (Å²) in [5.41, 5.74) is -1.00. The van der Waals surface area contributed by atoms with Crippen LogP contribution in [-0.4, -0.2) is 35.0 Å². The molecule has 6 heteroatoms. The van der Waals surface area contributed by atoms with Gasteiger partial charge in [0.05, 0.1) is 5.41 Å². The van der Waals surface area contributed by atoms with E-state index in [1.54, 1.807) is 0 Å². The second-order valence-corrected chi connectivity index (χ2v) is 6.02. The van der Waals surface area contributed by atoms with Crippen molar-refractivity contribution in [1.29, 1.82) is 0 Å². The predicted octanol–water partition coefficient (Wildman–Crippen LogP) is 3.20. The highest BCUT2D eigenvalue weighted by molar-refractivity contribution is 5.95. The van der Waals surface area contributed by atoms with E-state index in [1.807, 2.05) is 13.8 Å².